The van der Waals surface area contributed by atoms with Crippen LogP contribution in [0, 0.1) is 0 Å². The monoisotopic (exact) mass is 376 g/mol. The fraction of sp³-hybridized carbons (Fsp3) is 0.158. The lowest BCUT2D eigenvalue weighted by Crippen LogP contribution is -2.12. The number of Topliss-reactive ketones (excluding diaryl/α,β-unsaturated/α-hetero) is 1. The van der Waals surface area contributed by atoms with Crippen molar-refractivity contribution < 1.29 is 37.3 Å². The molecule has 0 radical (unpaired) electrons. The average molecular weight is 376 g/mol. The first-order chi connectivity index (χ1) is 13.0. The van der Waals surface area contributed by atoms with Crippen LogP contribution in [-0.4, -0.2) is 31.8 Å². The van der Waals surface area contributed by atoms with Gasteiger partial charge in [0.1, 0.15) is 5.75 Å². The van der Waals surface area contributed by atoms with Crippen LogP contribution in [0.2, 0.25) is 0 Å². The van der Waals surface area contributed by atoms with Crippen molar-refractivity contribution in [3.05, 3.63) is 59.7 Å². The minimum absolute atomic E-state index is 0.0646. The molecule has 27 heavy (non-hydrogen) atoms. The van der Waals surface area contributed by atoms with E-state index in [0.717, 1.165) is 0 Å². The first-order valence-corrected chi connectivity index (χ1v) is 7.84. The molecule has 0 fully saturated rings. The molecule has 0 saturated carbocycles. The molecule has 2 aromatic rings. The molecule has 0 amide bonds. The van der Waals surface area contributed by atoms with Gasteiger partial charge in [0.15, 0.2) is 23.9 Å². The van der Waals surface area contributed by atoms with Crippen LogP contribution < -0.4 is 14.2 Å². The zero-order chi connectivity index (χ0) is 19.2. The van der Waals surface area contributed by atoms with Gasteiger partial charge in [0.05, 0.1) is 0 Å². The molecule has 8 heteroatoms. The van der Waals surface area contributed by atoms with Crippen molar-refractivity contribution in [2.24, 2.45) is 0 Å². The molecule has 0 atom stereocenters. The van der Waals surface area contributed by atoms with E-state index in [9.17, 15) is 18.4 Å². The van der Waals surface area contributed by atoms with Gasteiger partial charge in [-0.05, 0) is 48.0 Å². The van der Waals surface area contributed by atoms with E-state index in [0.29, 0.717) is 17.1 Å². The molecule has 0 aromatic heterocycles. The summed E-state index contributed by atoms with van der Waals surface area (Å²) in [6.07, 6.45) is 2.70. The first kappa shape index (κ1) is 18.4. The normalized spacial score (nSPS) is 12.4. The van der Waals surface area contributed by atoms with E-state index < -0.39 is 25.0 Å². The van der Waals surface area contributed by atoms with E-state index in [1.165, 1.54) is 36.4 Å². The quantitative estimate of drug-likeness (QED) is 0.419. The standard InChI is InChI=1S/C19H14F2O6/c20-19(21)27-14-5-3-13(4-6-14)15(22)10-24-18(23)8-2-12-1-7-16-17(9-12)26-11-25-16/h1-9,19H,10-11H2/b8-2+. The Bertz CT molecular complexity index is 861. The Kier molecular flexibility index (Phi) is 5.65. The summed E-state index contributed by atoms with van der Waals surface area (Å²) in [5.41, 5.74) is 0.918. The zero-order valence-corrected chi connectivity index (χ0v) is 13.9. The van der Waals surface area contributed by atoms with E-state index in [-0.39, 0.29) is 18.1 Å². The van der Waals surface area contributed by atoms with Gasteiger partial charge in [-0.25, -0.2) is 4.79 Å². The van der Waals surface area contributed by atoms with Crippen LogP contribution in [0.5, 0.6) is 17.2 Å². The SMILES string of the molecule is O=C(/C=C/c1ccc2c(c1)OCO2)OCC(=O)c1ccc(OC(F)F)cc1. The highest BCUT2D eigenvalue weighted by molar-refractivity contribution is 5.99. The van der Waals surface area contributed by atoms with Gasteiger partial charge < -0.3 is 18.9 Å². The van der Waals surface area contributed by atoms with Crippen molar-refractivity contribution in [1.82, 2.24) is 0 Å². The second kappa shape index (κ2) is 8.31. The van der Waals surface area contributed by atoms with Gasteiger partial charge in [-0.2, -0.15) is 8.78 Å². The summed E-state index contributed by atoms with van der Waals surface area (Å²) in [4.78, 5) is 23.7. The number of rotatable bonds is 7. The summed E-state index contributed by atoms with van der Waals surface area (Å²) < 4.78 is 43.7. The number of ether oxygens (including phenoxy) is 4. The largest absolute Gasteiger partial charge is 0.454 e. The summed E-state index contributed by atoms with van der Waals surface area (Å²) >= 11 is 0. The zero-order valence-electron chi connectivity index (χ0n) is 13.9. The number of hydrogen-bond acceptors (Lipinski definition) is 6. The lowest BCUT2D eigenvalue weighted by molar-refractivity contribution is -0.136. The van der Waals surface area contributed by atoms with E-state index in [4.69, 9.17) is 14.2 Å². The van der Waals surface area contributed by atoms with Gasteiger partial charge in [-0.3, -0.25) is 4.79 Å². The van der Waals surface area contributed by atoms with Crippen LogP contribution in [0.1, 0.15) is 15.9 Å². The molecular weight excluding hydrogens is 362 g/mol. The third-order valence-corrected chi connectivity index (χ3v) is 3.56. The highest BCUT2D eigenvalue weighted by atomic mass is 19.3. The molecule has 6 nitrogen and oxygen atoms in total. The number of benzene rings is 2. The maximum Gasteiger partial charge on any atom is 0.387 e. The van der Waals surface area contributed by atoms with E-state index in [2.05, 4.69) is 4.74 Å². The Morgan fingerprint density at radius 3 is 2.56 bits per heavy atom. The smallest absolute Gasteiger partial charge is 0.387 e. The highest BCUT2D eigenvalue weighted by Gasteiger charge is 2.13. The Morgan fingerprint density at radius 2 is 1.81 bits per heavy atom. The number of alkyl halides is 2. The fourth-order valence-corrected chi connectivity index (χ4v) is 2.27. The lowest BCUT2D eigenvalue weighted by atomic mass is 10.1. The molecule has 0 spiro atoms. The van der Waals surface area contributed by atoms with Gasteiger partial charge in [-0.15, -0.1) is 0 Å². The number of halogens is 2. The highest BCUT2D eigenvalue weighted by Crippen LogP contribution is 2.32. The average Bonchev–Trinajstić information content (AvgIpc) is 3.12. The predicted octanol–water partition coefficient (Wildman–Crippen LogP) is 3.46. The molecule has 0 N–H and O–H groups in total. The molecule has 2 aromatic carbocycles. The van der Waals surface area contributed by atoms with Crippen molar-refractivity contribution in [2.45, 2.75) is 6.61 Å². The molecule has 140 valence electrons. The molecule has 0 bridgehead atoms. The molecule has 0 aliphatic carbocycles. The minimum Gasteiger partial charge on any atom is -0.454 e. The van der Waals surface area contributed by atoms with Gasteiger partial charge in [0.2, 0.25) is 6.79 Å². The number of carbonyl (C=O) groups excluding carboxylic acids is 2. The minimum atomic E-state index is -2.94. The predicted molar refractivity (Wildman–Crippen MR) is 90.0 cm³/mol. The van der Waals surface area contributed by atoms with Gasteiger partial charge >= 0.3 is 12.6 Å². The number of ketones is 1. The molecule has 1 aliphatic heterocycles. The van der Waals surface area contributed by atoms with Gasteiger partial charge in [-0.1, -0.05) is 6.07 Å². The number of fused-ring (bicyclic) bond motifs is 1. The maximum atomic E-state index is 12.1. The molecule has 0 unspecified atom stereocenters. The second-order valence-electron chi connectivity index (χ2n) is 5.38. The molecule has 0 saturated heterocycles. The van der Waals surface area contributed by atoms with Crippen LogP contribution in [-0.2, 0) is 9.53 Å². The summed E-state index contributed by atoms with van der Waals surface area (Å²) in [6.45, 7) is -3.26. The fourth-order valence-electron chi connectivity index (χ4n) is 2.27. The first-order valence-electron chi connectivity index (χ1n) is 7.84. The number of carbonyl (C=O) groups is 2. The molecular formula is C19H14F2O6. The number of esters is 1. The van der Waals surface area contributed by atoms with Crippen molar-refractivity contribution in [3.8, 4) is 17.2 Å². The Balaban J connectivity index is 1.50. The summed E-state index contributed by atoms with van der Waals surface area (Å²) in [7, 11) is 0. The van der Waals surface area contributed by atoms with Crippen molar-refractivity contribution in [2.75, 3.05) is 13.4 Å². The van der Waals surface area contributed by atoms with Gasteiger partial charge in [0, 0.05) is 11.6 Å². The van der Waals surface area contributed by atoms with Crippen molar-refractivity contribution in [3.63, 3.8) is 0 Å². The van der Waals surface area contributed by atoms with Crippen LogP contribution in [0.25, 0.3) is 6.08 Å². The molecule has 3 rings (SSSR count). The van der Waals surface area contributed by atoms with Crippen molar-refractivity contribution >= 4 is 17.8 Å². The Hall–Kier alpha value is -3.42. The Labute approximate surface area is 152 Å². The second-order valence-corrected chi connectivity index (χ2v) is 5.38. The van der Waals surface area contributed by atoms with E-state index in [1.54, 1.807) is 18.2 Å². The topological polar surface area (TPSA) is 71.1 Å². The van der Waals surface area contributed by atoms with Gasteiger partial charge in [0.25, 0.3) is 0 Å². The van der Waals surface area contributed by atoms with Crippen LogP contribution >= 0.6 is 0 Å². The molecule has 1 heterocycles. The maximum absolute atomic E-state index is 12.1. The summed E-state index contributed by atoms with van der Waals surface area (Å²) in [5.74, 6) is -0.0162. The van der Waals surface area contributed by atoms with E-state index in [1.807, 2.05) is 0 Å². The van der Waals surface area contributed by atoms with Crippen molar-refractivity contribution in [1.29, 1.82) is 0 Å². The lowest BCUT2D eigenvalue weighted by Gasteiger charge is -2.05. The third-order valence-electron chi connectivity index (χ3n) is 3.56. The summed E-state index contributed by atoms with van der Waals surface area (Å²) in [5, 5.41) is 0. The molecule has 1 aliphatic rings. The Morgan fingerprint density at radius 1 is 1.07 bits per heavy atom. The van der Waals surface area contributed by atoms with Crippen LogP contribution in [0.15, 0.2) is 48.5 Å². The number of hydrogen-bond donors (Lipinski definition) is 0. The van der Waals surface area contributed by atoms with Crippen LogP contribution in [0.4, 0.5) is 8.78 Å². The third kappa shape index (κ3) is 5.04. The summed E-state index contributed by atoms with van der Waals surface area (Å²) in [6, 6.07) is 10.3. The van der Waals surface area contributed by atoms with E-state index >= 15 is 0 Å². The van der Waals surface area contributed by atoms with Crippen LogP contribution in [0.3, 0.4) is 0 Å².